The Morgan fingerprint density at radius 3 is 2.71 bits per heavy atom. The normalized spacial score (nSPS) is 10.9. The summed E-state index contributed by atoms with van der Waals surface area (Å²) in [6, 6.07) is 12.9. The van der Waals surface area contributed by atoms with E-state index in [1.165, 1.54) is 4.63 Å². The van der Waals surface area contributed by atoms with E-state index in [4.69, 9.17) is 4.74 Å². The lowest BCUT2D eigenvalue weighted by Gasteiger charge is -2.05. The van der Waals surface area contributed by atoms with Crippen molar-refractivity contribution in [3.63, 3.8) is 0 Å². The first kappa shape index (κ1) is 11.5. The maximum Gasteiger partial charge on any atom is 0.239 e. The fraction of sp³-hybridized carbons (Fsp3) is 0. The van der Waals surface area contributed by atoms with Crippen molar-refractivity contribution in [2.24, 2.45) is 0 Å². The van der Waals surface area contributed by atoms with Crippen molar-refractivity contribution >= 4 is 5.65 Å². The summed E-state index contributed by atoms with van der Waals surface area (Å²) < 4.78 is 8.76. The Kier molecular flexibility index (Phi) is 2.57. The molecular weight excluding hydrogens is 270 g/mol. The lowest BCUT2D eigenvalue weighted by atomic mass is 10.3. The van der Waals surface area contributed by atoms with Gasteiger partial charge >= 0.3 is 0 Å². The Labute approximate surface area is 118 Å². The van der Waals surface area contributed by atoms with Crippen molar-refractivity contribution in [1.82, 2.24) is 35.0 Å². The Morgan fingerprint density at radius 2 is 1.90 bits per heavy atom. The zero-order valence-corrected chi connectivity index (χ0v) is 10.7. The molecule has 21 heavy (non-hydrogen) atoms. The van der Waals surface area contributed by atoms with Gasteiger partial charge in [0.2, 0.25) is 5.88 Å². The van der Waals surface area contributed by atoms with Gasteiger partial charge in [0.15, 0.2) is 5.65 Å². The van der Waals surface area contributed by atoms with Crippen LogP contribution in [-0.4, -0.2) is 35.0 Å². The third-order valence-electron chi connectivity index (χ3n) is 2.87. The van der Waals surface area contributed by atoms with Gasteiger partial charge in [-0.15, -0.1) is 14.8 Å². The summed E-state index contributed by atoms with van der Waals surface area (Å²) >= 11 is 0. The quantitative estimate of drug-likeness (QED) is 0.565. The monoisotopic (exact) mass is 279 g/mol. The van der Waals surface area contributed by atoms with Crippen LogP contribution < -0.4 is 4.74 Å². The van der Waals surface area contributed by atoms with Crippen LogP contribution >= 0.6 is 0 Å². The fourth-order valence-corrected chi connectivity index (χ4v) is 1.90. The highest BCUT2D eigenvalue weighted by atomic mass is 16.5. The third kappa shape index (κ3) is 2.18. The second kappa shape index (κ2) is 4.67. The summed E-state index contributed by atoms with van der Waals surface area (Å²) in [6.45, 7) is 0. The molecule has 0 atom stereocenters. The smallest absolute Gasteiger partial charge is 0.239 e. The number of hydrogen-bond acceptors (Lipinski definition) is 6. The fourth-order valence-electron chi connectivity index (χ4n) is 1.90. The zero-order valence-electron chi connectivity index (χ0n) is 10.7. The highest BCUT2D eigenvalue weighted by molar-refractivity contribution is 5.39. The van der Waals surface area contributed by atoms with Crippen LogP contribution in [-0.2, 0) is 0 Å². The van der Waals surface area contributed by atoms with Crippen molar-refractivity contribution in [3.05, 3.63) is 54.9 Å². The van der Waals surface area contributed by atoms with Gasteiger partial charge in [0.25, 0.3) is 0 Å². The highest BCUT2D eigenvalue weighted by Crippen LogP contribution is 2.20. The van der Waals surface area contributed by atoms with E-state index in [-0.39, 0.29) is 0 Å². The van der Waals surface area contributed by atoms with Crippen molar-refractivity contribution in [1.29, 1.82) is 0 Å². The molecule has 0 spiro atoms. The molecule has 8 nitrogen and oxygen atoms in total. The van der Waals surface area contributed by atoms with Crippen LogP contribution in [0.15, 0.2) is 54.9 Å². The summed E-state index contributed by atoms with van der Waals surface area (Å²) in [6.07, 6.45) is 3.61. The molecule has 0 saturated heterocycles. The van der Waals surface area contributed by atoms with Gasteiger partial charge < -0.3 is 4.74 Å². The third-order valence-corrected chi connectivity index (χ3v) is 2.87. The molecule has 0 aliphatic rings. The second-order valence-electron chi connectivity index (χ2n) is 4.24. The molecule has 3 heterocycles. The summed E-state index contributed by atoms with van der Waals surface area (Å²) in [7, 11) is 0. The minimum atomic E-state index is 0.418. The summed E-state index contributed by atoms with van der Waals surface area (Å²) in [5.74, 6) is 1.09. The SMILES string of the molecule is c1cnn(-c2ccc(Oc3ccc4nnnn4n3)cc2)c1. The molecular formula is C13H9N7O. The number of rotatable bonds is 3. The topological polar surface area (TPSA) is 83.0 Å². The number of tetrazole rings is 1. The van der Waals surface area contributed by atoms with Crippen LogP contribution in [0.25, 0.3) is 11.3 Å². The largest absolute Gasteiger partial charge is 0.438 e. The number of ether oxygens (including phenoxy) is 1. The first-order valence-corrected chi connectivity index (χ1v) is 6.22. The molecule has 0 unspecified atom stereocenters. The van der Waals surface area contributed by atoms with E-state index in [1.54, 1.807) is 23.0 Å². The van der Waals surface area contributed by atoms with E-state index in [1.807, 2.05) is 36.5 Å². The first-order chi connectivity index (χ1) is 10.4. The van der Waals surface area contributed by atoms with Crippen molar-refractivity contribution in [3.8, 4) is 17.3 Å². The number of hydrogen-bond donors (Lipinski definition) is 0. The maximum absolute atomic E-state index is 5.67. The van der Waals surface area contributed by atoms with E-state index in [0.717, 1.165) is 5.69 Å². The lowest BCUT2D eigenvalue weighted by molar-refractivity contribution is 0.447. The van der Waals surface area contributed by atoms with E-state index in [0.29, 0.717) is 17.3 Å². The molecule has 0 aliphatic heterocycles. The molecule has 0 amide bonds. The van der Waals surface area contributed by atoms with Gasteiger partial charge in [-0.3, -0.25) is 0 Å². The summed E-state index contributed by atoms with van der Waals surface area (Å²) in [5.41, 5.74) is 1.52. The maximum atomic E-state index is 5.67. The summed E-state index contributed by atoms with van der Waals surface area (Å²) in [5, 5.41) is 19.3. The predicted molar refractivity (Wildman–Crippen MR) is 72.2 cm³/mol. The van der Waals surface area contributed by atoms with E-state index in [2.05, 4.69) is 25.7 Å². The van der Waals surface area contributed by atoms with Gasteiger partial charge in [0.1, 0.15) is 5.75 Å². The first-order valence-electron chi connectivity index (χ1n) is 6.22. The van der Waals surface area contributed by atoms with Crippen LogP contribution in [0.4, 0.5) is 0 Å². The molecule has 0 N–H and O–H groups in total. The lowest BCUT2D eigenvalue weighted by Crippen LogP contribution is -1.97. The zero-order chi connectivity index (χ0) is 14.1. The molecule has 4 aromatic rings. The van der Waals surface area contributed by atoms with Crippen LogP contribution in [0.3, 0.4) is 0 Å². The minimum Gasteiger partial charge on any atom is -0.438 e. The molecule has 3 aromatic heterocycles. The van der Waals surface area contributed by atoms with Crippen LogP contribution in [0.5, 0.6) is 11.6 Å². The van der Waals surface area contributed by atoms with Crippen molar-refractivity contribution in [2.75, 3.05) is 0 Å². The molecule has 0 aliphatic carbocycles. The number of benzene rings is 1. The molecule has 4 rings (SSSR count). The van der Waals surface area contributed by atoms with E-state index in [9.17, 15) is 0 Å². The molecule has 1 aromatic carbocycles. The minimum absolute atomic E-state index is 0.418. The molecule has 0 fully saturated rings. The Bertz CT molecular complexity index is 867. The van der Waals surface area contributed by atoms with Crippen LogP contribution in [0.2, 0.25) is 0 Å². The predicted octanol–water partition coefficient (Wildman–Crippen LogP) is 1.50. The Balaban J connectivity index is 1.59. The second-order valence-corrected chi connectivity index (χ2v) is 4.24. The average molecular weight is 279 g/mol. The molecule has 102 valence electrons. The number of fused-ring (bicyclic) bond motifs is 1. The molecule has 0 bridgehead atoms. The van der Waals surface area contributed by atoms with E-state index >= 15 is 0 Å². The molecule has 8 heteroatoms. The van der Waals surface area contributed by atoms with Gasteiger partial charge in [-0.1, -0.05) is 0 Å². The molecule has 0 saturated carbocycles. The highest BCUT2D eigenvalue weighted by Gasteiger charge is 2.03. The average Bonchev–Trinajstić information content (AvgIpc) is 3.19. The van der Waals surface area contributed by atoms with Gasteiger partial charge in [-0.25, -0.2) is 4.68 Å². The van der Waals surface area contributed by atoms with Gasteiger partial charge in [0, 0.05) is 18.5 Å². The van der Waals surface area contributed by atoms with Gasteiger partial charge in [0.05, 0.1) is 5.69 Å². The van der Waals surface area contributed by atoms with E-state index < -0.39 is 0 Å². The van der Waals surface area contributed by atoms with Crippen molar-refractivity contribution in [2.45, 2.75) is 0 Å². The van der Waals surface area contributed by atoms with Crippen LogP contribution in [0.1, 0.15) is 0 Å². The van der Waals surface area contributed by atoms with Crippen molar-refractivity contribution < 1.29 is 4.74 Å². The number of aromatic nitrogens is 7. The Morgan fingerprint density at radius 1 is 1.00 bits per heavy atom. The standard InChI is InChI=1S/C13H9N7O/c1-8-14-19(9-1)10-2-4-11(5-3-10)21-13-7-6-12-15-17-18-20(12)16-13/h1-9H. The Hall–Kier alpha value is -3.29. The van der Waals surface area contributed by atoms with Gasteiger partial charge in [-0.2, -0.15) is 5.10 Å². The molecule has 0 radical (unpaired) electrons. The van der Waals surface area contributed by atoms with Crippen LogP contribution in [0, 0.1) is 0 Å². The van der Waals surface area contributed by atoms with Gasteiger partial charge in [-0.05, 0) is 46.8 Å². The number of nitrogens with zero attached hydrogens (tertiary/aromatic N) is 7. The summed E-state index contributed by atoms with van der Waals surface area (Å²) in [4.78, 5) is 0.